The molecule has 2 unspecified atom stereocenters. The summed E-state index contributed by atoms with van der Waals surface area (Å²) in [5.41, 5.74) is 0.925. The highest BCUT2D eigenvalue weighted by Crippen LogP contribution is 2.19. The summed E-state index contributed by atoms with van der Waals surface area (Å²) in [5, 5.41) is 0. The fraction of sp³-hybridized carbons (Fsp3) is 0.480. The highest BCUT2D eigenvalue weighted by molar-refractivity contribution is 5.75. The van der Waals surface area contributed by atoms with Gasteiger partial charge in [0.2, 0.25) is 0 Å². The van der Waals surface area contributed by atoms with Crippen LogP contribution in [0.25, 0.3) is 0 Å². The highest BCUT2D eigenvalue weighted by Gasteiger charge is 2.20. The maximum Gasteiger partial charge on any atom is 0.335 e. The molecule has 2 atom stereocenters. The van der Waals surface area contributed by atoms with E-state index in [9.17, 15) is 22.4 Å². The Hall–Kier alpha value is -3.01. The lowest BCUT2D eigenvalue weighted by Gasteiger charge is -2.14. The van der Waals surface area contributed by atoms with Crippen molar-refractivity contribution < 1.29 is 46.0 Å². The van der Waals surface area contributed by atoms with Crippen molar-refractivity contribution >= 4 is 5.97 Å². The molecule has 0 aromatic heterocycles. The topological polar surface area (TPSA) is 63.2 Å². The number of methoxy groups -OCH3 is 1. The summed E-state index contributed by atoms with van der Waals surface area (Å²) >= 11 is 0. The van der Waals surface area contributed by atoms with E-state index in [2.05, 4.69) is 0 Å². The second kappa shape index (κ2) is 17.4. The summed E-state index contributed by atoms with van der Waals surface area (Å²) in [6.07, 6.45) is -4.98. The van der Waals surface area contributed by atoms with Gasteiger partial charge in [-0.1, -0.05) is 12.1 Å². The third kappa shape index (κ3) is 11.8. The first-order chi connectivity index (χ1) is 16.9. The second-order valence-electron chi connectivity index (χ2n) is 7.01. The van der Waals surface area contributed by atoms with E-state index in [0.29, 0.717) is 51.3 Å². The molecule has 0 spiro atoms. The Morgan fingerprint density at radius 1 is 0.829 bits per heavy atom. The normalized spacial score (nSPS) is 12.2. The first-order valence-electron chi connectivity index (χ1n) is 11.0. The van der Waals surface area contributed by atoms with E-state index in [1.807, 2.05) is 24.3 Å². The minimum absolute atomic E-state index is 0.288. The van der Waals surface area contributed by atoms with Crippen LogP contribution in [0.15, 0.2) is 48.5 Å². The largest absolute Gasteiger partial charge is 0.493 e. The molecule has 0 aliphatic heterocycles. The van der Waals surface area contributed by atoms with Gasteiger partial charge >= 0.3 is 5.97 Å². The standard InChI is InChI=1S/C24H29F3O6.CH3F/c1-3-30-24(28)22(29-2)15-17-5-7-18(8-6-17)31-13-4-14-32-19-9-11-20(12-10-19)33-16-21(25)23(26)27;1-2/h5-12,21-23H,3-4,13-16H2,1-2H3;1H3. The van der Waals surface area contributed by atoms with E-state index < -0.39 is 25.3 Å². The molecule has 2 aromatic carbocycles. The molecule has 0 saturated heterocycles. The SMILES string of the molecule is CCOC(=O)C(Cc1ccc(OCCCOc2ccc(OCC(F)C(F)F)cc2)cc1)OC.CF. The van der Waals surface area contributed by atoms with Crippen LogP contribution >= 0.6 is 0 Å². The van der Waals surface area contributed by atoms with Crippen LogP contribution in [0.2, 0.25) is 0 Å². The average Bonchev–Trinajstić information content (AvgIpc) is 2.88. The van der Waals surface area contributed by atoms with Gasteiger partial charge in [-0.15, -0.1) is 0 Å². The molecular formula is C25H32F4O6. The van der Waals surface area contributed by atoms with E-state index in [0.717, 1.165) is 5.56 Å². The third-order valence-electron chi connectivity index (χ3n) is 4.51. The molecule has 0 N–H and O–H groups in total. The maximum absolute atomic E-state index is 12.9. The molecule has 10 heteroatoms. The molecule has 0 amide bonds. The minimum Gasteiger partial charge on any atom is -0.493 e. The molecule has 196 valence electrons. The number of hydrogen-bond acceptors (Lipinski definition) is 6. The number of carbonyl (C=O) groups excluding carboxylic acids is 1. The number of carbonyl (C=O) groups is 1. The van der Waals surface area contributed by atoms with Gasteiger partial charge in [0, 0.05) is 20.0 Å². The van der Waals surface area contributed by atoms with Crippen LogP contribution in [0.4, 0.5) is 17.6 Å². The zero-order valence-corrected chi connectivity index (χ0v) is 20.1. The van der Waals surface area contributed by atoms with Gasteiger partial charge in [-0.3, -0.25) is 4.39 Å². The lowest BCUT2D eigenvalue weighted by Crippen LogP contribution is -2.27. The molecule has 0 radical (unpaired) electrons. The molecule has 0 aliphatic rings. The Kier molecular flexibility index (Phi) is 14.9. The summed E-state index contributed by atoms with van der Waals surface area (Å²) in [6.45, 7) is 2.20. The summed E-state index contributed by atoms with van der Waals surface area (Å²) in [4.78, 5) is 11.8. The van der Waals surface area contributed by atoms with Gasteiger partial charge in [-0.05, 0) is 48.9 Å². The van der Waals surface area contributed by atoms with Gasteiger partial charge in [0.05, 0.1) is 27.0 Å². The summed E-state index contributed by atoms with van der Waals surface area (Å²) < 4.78 is 73.1. The zero-order valence-electron chi connectivity index (χ0n) is 20.1. The first kappa shape index (κ1) is 30.0. The van der Waals surface area contributed by atoms with Crippen LogP contribution in [0, 0.1) is 0 Å². The number of hydrogen-bond donors (Lipinski definition) is 0. The molecule has 0 fully saturated rings. The van der Waals surface area contributed by atoms with Crippen LogP contribution in [-0.4, -0.2) is 65.4 Å². The van der Waals surface area contributed by atoms with Gasteiger partial charge in [-0.25, -0.2) is 18.0 Å². The van der Waals surface area contributed by atoms with Crippen LogP contribution in [0.1, 0.15) is 18.9 Å². The first-order valence-corrected chi connectivity index (χ1v) is 11.0. The van der Waals surface area contributed by atoms with Crippen LogP contribution in [0.5, 0.6) is 17.2 Å². The molecule has 6 nitrogen and oxygen atoms in total. The van der Waals surface area contributed by atoms with Crippen molar-refractivity contribution in [2.24, 2.45) is 0 Å². The lowest BCUT2D eigenvalue weighted by molar-refractivity contribution is -0.154. The van der Waals surface area contributed by atoms with Crippen molar-refractivity contribution in [2.45, 2.75) is 38.5 Å². The number of ether oxygens (including phenoxy) is 5. The number of halogens is 4. The van der Waals surface area contributed by atoms with Crippen LogP contribution in [-0.2, 0) is 20.7 Å². The van der Waals surface area contributed by atoms with Crippen molar-refractivity contribution in [1.29, 1.82) is 0 Å². The molecule has 2 rings (SSSR count). The van der Waals surface area contributed by atoms with E-state index in [1.54, 1.807) is 19.1 Å². The Bertz CT molecular complexity index is 818. The molecule has 35 heavy (non-hydrogen) atoms. The second-order valence-corrected chi connectivity index (χ2v) is 7.01. The Morgan fingerprint density at radius 2 is 1.31 bits per heavy atom. The summed E-state index contributed by atoms with van der Waals surface area (Å²) in [7, 11) is 1.97. The van der Waals surface area contributed by atoms with E-state index in [1.165, 1.54) is 19.2 Å². The Balaban J connectivity index is 0.00000298. The zero-order chi connectivity index (χ0) is 26.1. The van der Waals surface area contributed by atoms with Crippen LogP contribution in [0.3, 0.4) is 0 Å². The summed E-state index contributed by atoms with van der Waals surface area (Å²) in [6, 6.07) is 13.7. The average molecular weight is 505 g/mol. The van der Waals surface area contributed by atoms with Gasteiger partial charge < -0.3 is 23.7 Å². The monoisotopic (exact) mass is 504 g/mol. The smallest absolute Gasteiger partial charge is 0.335 e. The Labute approximate surface area is 203 Å². The van der Waals surface area contributed by atoms with E-state index >= 15 is 0 Å². The quantitative estimate of drug-likeness (QED) is 0.188. The molecule has 0 aliphatic carbocycles. The van der Waals surface area contributed by atoms with Crippen molar-refractivity contribution in [2.75, 3.05) is 40.7 Å². The molecule has 2 aromatic rings. The van der Waals surface area contributed by atoms with Crippen LogP contribution < -0.4 is 14.2 Å². The fourth-order valence-electron chi connectivity index (χ4n) is 2.75. The highest BCUT2D eigenvalue weighted by atomic mass is 19.3. The number of benzene rings is 2. The number of alkyl halides is 4. The van der Waals surface area contributed by atoms with Gasteiger partial charge in [-0.2, -0.15) is 0 Å². The molecule has 0 saturated carbocycles. The minimum atomic E-state index is -3.06. The maximum atomic E-state index is 12.9. The number of esters is 1. The third-order valence-corrected chi connectivity index (χ3v) is 4.51. The fourth-order valence-corrected chi connectivity index (χ4v) is 2.75. The summed E-state index contributed by atoms with van der Waals surface area (Å²) in [5.74, 6) is 1.17. The predicted octanol–water partition coefficient (Wildman–Crippen LogP) is 5.22. The van der Waals surface area contributed by atoms with Gasteiger partial charge in [0.15, 0.2) is 12.3 Å². The number of rotatable bonds is 15. The van der Waals surface area contributed by atoms with Crippen molar-refractivity contribution in [3.05, 3.63) is 54.1 Å². The van der Waals surface area contributed by atoms with E-state index in [-0.39, 0.29) is 11.7 Å². The molecular weight excluding hydrogens is 472 g/mol. The van der Waals surface area contributed by atoms with Crippen molar-refractivity contribution in [1.82, 2.24) is 0 Å². The Morgan fingerprint density at radius 3 is 1.77 bits per heavy atom. The van der Waals surface area contributed by atoms with Gasteiger partial charge in [0.1, 0.15) is 23.9 Å². The van der Waals surface area contributed by atoms with Crippen molar-refractivity contribution in [3.63, 3.8) is 0 Å². The van der Waals surface area contributed by atoms with E-state index in [4.69, 9.17) is 23.7 Å². The molecule has 0 heterocycles. The van der Waals surface area contributed by atoms with Gasteiger partial charge in [0.25, 0.3) is 6.43 Å². The van der Waals surface area contributed by atoms with Crippen molar-refractivity contribution in [3.8, 4) is 17.2 Å². The predicted molar refractivity (Wildman–Crippen MR) is 123 cm³/mol. The lowest BCUT2D eigenvalue weighted by atomic mass is 10.1. The molecule has 0 bridgehead atoms.